The topological polar surface area (TPSA) is 77.5 Å². The van der Waals surface area contributed by atoms with Gasteiger partial charge in [0.2, 0.25) is 0 Å². The Kier molecular flexibility index (Phi) is 4.79. The van der Waals surface area contributed by atoms with Gasteiger partial charge in [0, 0.05) is 26.6 Å². The van der Waals surface area contributed by atoms with Crippen molar-refractivity contribution in [3.05, 3.63) is 18.3 Å². The molecule has 0 aromatic carbocycles. The number of aliphatic hydroxyl groups is 1. The standard InChI is InChI=1S/C14H22N4O2/c1-18(2)13-7-6-11(9-15-13)17-14(20)16-8-10-4-3-5-12(10)19/h6-7,9-10,12,19H,3-5,8H2,1-2H3,(H2,16,17,20)/t10-,12-/m0/s1. The summed E-state index contributed by atoms with van der Waals surface area (Å²) in [4.78, 5) is 17.9. The van der Waals surface area contributed by atoms with E-state index in [-0.39, 0.29) is 18.1 Å². The zero-order valence-electron chi connectivity index (χ0n) is 12.0. The lowest BCUT2D eigenvalue weighted by Crippen LogP contribution is -2.35. The maximum Gasteiger partial charge on any atom is 0.319 e. The molecule has 1 fully saturated rings. The molecule has 20 heavy (non-hydrogen) atoms. The third-order valence-electron chi connectivity index (χ3n) is 3.61. The Morgan fingerprint density at radius 3 is 2.80 bits per heavy atom. The van der Waals surface area contributed by atoms with Crippen LogP contribution in [0.15, 0.2) is 18.3 Å². The molecule has 3 N–H and O–H groups in total. The molecule has 0 spiro atoms. The van der Waals surface area contributed by atoms with Crippen molar-refractivity contribution in [1.82, 2.24) is 10.3 Å². The van der Waals surface area contributed by atoms with Crippen LogP contribution in [0.3, 0.4) is 0 Å². The zero-order valence-corrected chi connectivity index (χ0v) is 12.0. The molecule has 0 radical (unpaired) electrons. The van der Waals surface area contributed by atoms with E-state index in [2.05, 4.69) is 15.6 Å². The normalized spacial score (nSPS) is 21.6. The number of anilines is 2. The van der Waals surface area contributed by atoms with Crippen molar-refractivity contribution in [1.29, 1.82) is 0 Å². The number of urea groups is 1. The molecule has 0 saturated heterocycles. The predicted molar refractivity (Wildman–Crippen MR) is 78.9 cm³/mol. The van der Waals surface area contributed by atoms with Crippen LogP contribution in [0.4, 0.5) is 16.3 Å². The van der Waals surface area contributed by atoms with Crippen molar-refractivity contribution in [2.45, 2.75) is 25.4 Å². The Morgan fingerprint density at radius 2 is 2.25 bits per heavy atom. The number of aliphatic hydroxyl groups excluding tert-OH is 1. The molecule has 6 heteroatoms. The summed E-state index contributed by atoms with van der Waals surface area (Å²) in [6.45, 7) is 0.510. The van der Waals surface area contributed by atoms with Crippen LogP contribution >= 0.6 is 0 Å². The molecule has 0 unspecified atom stereocenters. The number of nitrogens with one attached hydrogen (secondary N) is 2. The van der Waals surface area contributed by atoms with Gasteiger partial charge in [0.05, 0.1) is 18.0 Å². The Balaban J connectivity index is 1.79. The summed E-state index contributed by atoms with van der Waals surface area (Å²) >= 11 is 0. The number of hydrogen-bond acceptors (Lipinski definition) is 4. The van der Waals surface area contributed by atoms with Crippen LogP contribution in [0.2, 0.25) is 0 Å². The highest BCUT2D eigenvalue weighted by atomic mass is 16.3. The first-order valence-corrected chi connectivity index (χ1v) is 6.92. The summed E-state index contributed by atoms with van der Waals surface area (Å²) in [5.41, 5.74) is 0.653. The van der Waals surface area contributed by atoms with E-state index in [1.165, 1.54) is 0 Å². The summed E-state index contributed by atoms with van der Waals surface area (Å²) in [5, 5.41) is 15.2. The first kappa shape index (κ1) is 14.6. The van der Waals surface area contributed by atoms with Crippen molar-refractivity contribution in [2.24, 2.45) is 5.92 Å². The molecule has 1 aliphatic rings. The molecule has 0 bridgehead atoms. The van der Waals surface area contributed by atoms with E-state index >= 15 is 0 Å². The van der Waals surface area contributed by atoms with Gasteiger partial charge in [-0.1, -0.05) is 6.42 Å². The average Bonchev–Trinajstić information content (AvgIpc) is 2.82. The monoisotopic (exact) mass is 278 g/mol. The Morgan fingerprint density at radius 1 is 1.45 bits per heavy atom. The molecule has 1 aliphatic carbocycles. The van der Waals surface area contributed by atoms with E-state index in [0.29, 0.717) is 12.2 Å². The van der Waals surface area contributed by atoms with Crippen LogP contribution in [0.25, 0.3) is 0 Å². The molecule has 1 saturated carbocycles. The van der Waals surface area contributed by atoms with Gasteiger partial charge < -0.3 is 20.6 Å². The minimum atomic E-state index is -0.281. The fraction of sp³-hybridized carbons (Fsp3) is 0.571. The maximum absolute atomic E-state index is 11.8. The number of hydrogen-bond donors (Lipinski definition) is 3. The minimum Gasteiger partial charge on any atom is -0.393 e. The fourth-order valence-electron chi connectivity index (χ4n) is 2.38. The predicted octanol–water partition coefficient (Wildman–Crippen LogP) is 1.43. The molecule has 6 nitrogen and oxygen atoms in total. The molecule has 1 heterocycles. The van der Waals surface area contributed by atoms with Crippen molar-refractivity contribution >= 4 is 17.5 Å². The highest BCUT2D eigenvalue weighted by molar-refractivity contribution is 5.89. The molecule has 2 atom stereocenters. The lowest BCUT2D eigenvalue weighted by Gasteiger charge is -2.15. The second-order valence-electron chi connectivity index (χ2n) is 5.39. The van der Waals surface area contributed by atoms with E-state index < -0.39 is 0 Å². The fourth-order valence-corrected chi connectivity index (χ4v) is 2.38. The van der Waals surface area contributed by atoms with E-state index in [1.54, 1.807) is 6.20 Å². The molecular formula is C14H22N4O2. The largest absolute Gasteiger partial charge is 0.393 e. The average molecular weight is 278 g/mol. The van der Waals surface area contributed by atoms with Gasteiger partial charge in [0.15, 0.2) is 0 Å². The Bertz CT molecular complexity index is 447. The number of amides is 2. The van der Waals surface area contributed by atoms with Crippen LogP contribution < -0.4 is 15.5 Å². The summed E-state index contributed by atoms with van der Waals surface area (Å²) in [6, 6.07) is 3.39. The van der Waals surface area contributed by atoms with Gasteiger partial charge in [-0.25, -0.2) is 9.78 Å². The molecule has 2 amide bonds. The Hall–Kier alpha value is -1.82. The summed E-state index contributed by atoms with van der Waals surface area (Å²) in [6.07, 6.45) is 4.19. The number of rotatable bonds is 4. The van der Waals surface area contributed by atoms with Gasteiger partial charge in [0.25, 0.3) is 0 Å². The number of carbonyl (C=O) groups excluding carboxylic acids is 1. The number of nitrogens with zero attached hydrogens (tertiary/aromatic N) is 2. The highest BCUT2D eigenvalue weighted by Gasteiger charge is 2.25. The number of carbonyl (C=O) groups is 1. The summed E-state index contributed by atoms with van der Waals surface area (Å²) < 4.78 is 0. The van der Waals surface area contributed by atoms with E-state index in [1.807, 2.05) is 31.1 Å². The SMILES string of the molecule is CN(C)c1ccc(NC(=O)NC[C@@H]2CCC[C@@H]2O)cn1. The van der Waals surface area contributed by atoms with Crippen molar-refractivity contribution < 1.29 is 9.90 Å². The lowest BCUT2D eigenvalue weighted by molar-refractivity contribution is 0.133. The van der Waals surface area contributed by atoms with E-state index in [9.17, 15) is 9.90 Å². The minimum absolute atomic E-state index is 0.176. The highest BCUT2D eigenvalue weighted by Crippen LogP contribution is 2.24. The molecule has 110 valence electrons. The molecular weight excluding hydrogens is 256 g/mol. The zero-order chi connectivity index (χ0) is 14.5. The van der Waals surface area contributed by atoms with Crippen molar-refractivity contribution in [2.75, 3.05) is 30.9 Å². The first-order chi connectivity index (χ1) is 9.56. The second kappa shape index (κ2) is 6.56. The maximum atomic E-state index is 11.8. The molecule has 1 aromatic rings. The lowest BCUT2D eigenvalue weighted by atomic mass is 10.1. The second-order valence-corrected chi connectivity index (χ2v) is 5.39. The number of aromatic nitrogens is 1. The van der Waals surface area contributed by atoms with E-state index in [4.69, 9.17) is 0 Å². The number of pyridine rings is 1. The third-order valence-corrected chi connectivity index (χ3v) is 3.61. The smallest absolute Gasteiger partial charge is 0.319 e. The van der Waals surface area contributed by atoms with Crippen LogP contribution in [-0.4, -0.2) is 42.9 Å². The van der Waals surface area contributed by atoms with Crippen LogP contribution in [0.1, 0.15) is 19.3 Å². The summed E-state index contributed by atoms with van der Waals surface area (Å²) in [5.74, 6) is 1.01. The molecule has 2 rings (SSSR count). The van der Waals surface area contributed by atoms with Crippen molar-refractivity contribution in [3.8, 4) is 0 Å². The van der Waals surface area contributed by atoms with Crippen molar-refractivity contribution in [3.63, 3.8) is 0 Å². The van der Waals surface area contributed by atoms with E-state index in [0.717, 1.165) is 25.1 Å². The van der Waals surface area contributed by atoms with Crippen LogP contribution in [0, 0.1) is 5.92 Å². The van der Waals surface area contributed by atoms with Crippen LogP contribution in [0.5, 0.6) is 0 Å². The van der Waals surface area contributed by atoms with Gasteiger partial charge >= 0.3 is 6.03 Å². The molecule has 0 aliphatic heterocycles. The van der Waals surface area contributed by atoms with Gasteiger partial charge in [0.1, 0.15) is 5.82 Å². The summed E-state index contributed by atoms with van der Waals surface area (Å²) in [7, 11) is 3.82. The Labute approximate surface area is 119 Å². The third kappa shape index (κ3) is 3.84. The van der Waals surface area contributed by atoms with Crippen LogP contribution in [-0.2, 0) is 0 Å². The van der Waals surface area contributed by atoms with Gasteiger partial charge in [-0.2, -0.15) is 0 Å². The van der Waals surface area contributed by atoms with Gasteiger partial charge in [-0.15, -0.1) is 0 Å². The first-order valence-electron chi connectivity index (χ1n) is 6.92. The quantitative estimate of drug-likeness (QED) is 0.778. The molecule has 1 aromatic heterocycles. The van der Waals surface area contributed by atoms with Gasteiger partial charge in [-0.05, 0) is 25.0 Å². The van der Waals surface area contributed by atoms with Gasteiger partial charge in [-0.3, -0.25) is 0 Å².